The van der Waals surface area contributed by atoms with Crippen LogP contribution in [0.4, 0.5) is 26.3 Å². The van der Waals surface area contributed by atoms with Gasteiger partial charge in [-0.15, -0.1) is 0 Å². The summed E-state index contributed by atoms with van der Waals surface area (Å²) in [7, 11) is 0. The molecule has 0 saturated heterocycles. The fourth-order valence-corrected chi connectivity index (χ4v) is 3.62. The minimum atomic E-state index is -5.90. The second-order valence-electron chi connectivity index (χ2n) is 8.32. The minimum absolute atomic E-state index is 0.0189. The Balaban J connectivity index is 2.02. The molecule has 0 N–H and O–H groups in total. The molecule has 11 heteroatoms. The number of halogens is 6. The first-order valence-corrected chi connectivity index (χ1v) is 10.5. The highest BCUT2D eigenvalue weighted by Gasteiger charge is 2.60. The van der Waals surface area contributed by atoms with E-state index in [9.17, 15) is 31.1 Å². The van der Waals surface area contributed by atoms with Crippen LogP contribution in [0.25, 0.3) is 27.8 Å². The summed E-state index contributed by atoms with van der Waals surface area (Å²) in [5.74, 6) is -6.05. The number of ether oxygens (including phenoxy) is 1. The molecule has 4 aromatic rings. The summed E-state index contributed by atoms with van der Waals surface area (Å²) in [4.78, 5) is 19.8. The second-order valence-corrected chi connectivity index (χ2v) is 8.32. The Morgan fingerprint density at radius 3 is 2.20 bits per heavy atom. The van der Waals surface area contributed by atoms with Crippen molar-refractivity contribution < 1.29 is 35.9 Å². The zero-order valence-electron chi connectivity index (χ0n) is 18.8. The van der Waals surface area contributed by atoms with Crippen molar-refractivity contribution in [3.8, 4) is 11.1 Å². The Morgan fingerprint density at radius 1 is 0.971 bits per heavy atom. The van der Waals surface area contributed by atoms with Crippen molar-refractivity contribution in [3.05, 3.63) is 65.6 Å². The van der Waals surface area contributed by atoms with Gasteiger partial charge in [-0.25, -0.2) is 19.2 Å². The van der Waals surface area contributed by atoms with Gasteiger partial charge in [0, 0.05) is 11.6 Å². The number of carbonyl (C=O) groups is 1. The molecule has 0 bridgehead atoms. The fourth-order valence-electron chi connectivity index (χ4n) is 3.62. The van der Waals surface area contributed by atoms with Gasteiger partial charge in [-0.1, -0.05) is 24.3 Å². The summed E-state index contributed by atoms with van der Waals surface area (Å²) < 4.78 is 88.8. The normalized spacial score (nSPS) is 12.9. The van der Waals surface area contributed by atoms with Crippen molar-refractivity contribution in [3.63, 3.8) is 0 Å². The molecule has 0 aliphatic heterocycles. The predicted octanol–water partition coefficient (Wildman–Crippen LogP) is 6.58. The van der Waals surface area contributed by atoms with Crippen molar-refractivity contribution in [1.29, 1.82) is 0 Å². The van der Waals surface area contributed by atoms with Crippen LogP contribution < -0.4 is 0 Å². The van der Waals surface area contributed by atoms with E-state index in [1.54, 1.807) is 6.92 Å². The third-order valence-corrected chi connectivity index (χ3v) is 5.44. The van der Waals surface area contributed by atoms with Gasteiger partial charge >= 0.3 is 18.1 Å². The van der Waals surface area contributed by atoms with Crippen LogP contribution in [0.15, 0.2) is 48.7 Å². The number of alkyl halides is 6. The Morgan fingerprint density at radius 2 is 1.63 bits per heavy atom. The molecular weight excluding hydrogens is 476 g/mol. The van der Waals surface area contributed by atoms with E-state index in [0.717, 1.165) is 10.6 Å². The Bertz CT molecular complexity index is 1420. The van der Waals surface area contributed by atoms with Gasteiger partial charge in [-0.3, -0.25) is 4.40 Å². The summed E-state index contributed by atoms with van der Waals surface area (Å²) in [6, 6.07) is 9.32. The number of imidazole rings is 1. The average Bonchev–Trinajstić information content (AvgIpc) is 3.22. The van der Waals surface area contributed by atoms with E-state index in [1.165, 1.54) is 50.2 Å². The largest absolute Gasteiger partial charge is 0.461 e. The third kappa shape index (κ3) is 4.30. The van der Waals surface area contributed by atoms with Crippen LogP contribution in [-0.4, -0.2) is 33.1 Å². The lowest BCUT2D eigenvalue weighted by atomic mass is 9.95. The molecular formula is C24H19F6N3O2. The molecule has 0 aliphatic carbocycles. The number of pyridine rings is 2. The molecule has 1 aromatic carbocycles. The number of rotatable bonds is 5. The number of fused-ring (bicyclic) bond motifs is 3. The summed E-state index contributed by atoms with van der Waals surface area (Å²) >= 11 is 0. The first-order chi connectivity index (χ1) is 16.2. The molecule has 184 valence electrons. The first kappa shape index (κ1) is 24.5. The molecule has 3 heterocycles. The van der Waals surface area contributed by atoms with Crippen LogP contribution in [0.2, 0.25) is 0 Å². The van der Waals surface area contributed by atoms with Crippen LogP contribution in [-0.2, 0) is 16.3 Å². The average molecular weight is 495 g/mol. The van der Waals surface area contributed by atoms with E-state index in [4.69, 9.17) is 4.74 Å². The quantitative estimate of drug-likeness (QED) is 0.232. The van der Waals surface area contributed by atoms with Crippen LogP contribution in [0.1, 0.15) is 42.5 Å². The smallest absolute Gasteiger partial charge is 0.459 e. The van der Waals surface area contributed by atoms with Crippen molar-refractivity contribution >= 4 is 22.6 Å². The molecule has 5 nitrogen and oxygen atoms in total. The SMILES string of the molecule is CCOC(=O)c1cn2c(ccc3c(-c4ccc(C(C)(C)F)cc4)cc(C(F)(F)C(F)(F)F)nc32)n1. The van der Waals surface area contributed by atoms with Gasteiger partial charge in [-0.2, -0.15) is 22.0 Å². The standard InChI is InChI=1S/C24H19F6N3O2/c1-4-35-21(34)17-12-33-19(31-17)10-9-15-16(13-5-7-14(8-6-13)22(2,3)25)11-18(32-20(15)33)23(26,27)24(28,29)30/h5-12H,4H2,1-3H3. The van der Waals surface area contributed by atoms with Gasteiger partial charge in [0.05, 0.1) is 6.61 Å². The van der Waals surface area contributed by atoms with Crippen molar-refractivity contribution in [1.82, 2.24) is 14.4 Å². The van der Waals surface area contributed by atoms with Crippen LogP contribution in [0.5, 0.6) is 0 Å². The van der Waals surface area contributed by atoms with Gasteiger partial charge in [-0.05, 0) is 55.7 Å². The van der Waals surface area contributed by atoms with Crippen LogP contribution in [0, 0.1) is 0 Å². The summed E-state index contributed by atoms with van der Waals surface area (Å²) in [5.41, 5.74) is -2.94. The van der Waals surface area contributed by atoms with Gasteiger partial charge in [0.1, 0.15) is 22.7 Å². The lowest BCUT2D eigenvalue weighted by Crippen LogP contribution is -2.34. The fraction of sp³-hybridized carbons (Fsp3) is 0.292. The number of esters is 1. The highest BCUT2D eigenvalue weighted by Crippen LogP contribution is 2.45. The molecule has 0 spiro atoms. The topological polar surface area (TPSA) is 56.5 Å². The number of hydrogen-bond donors (Lipinski definition) is 0. The maximum absolute atomic E-state index is 14.4. The molecule has 0 amide bonds. The number of aromatic nitrogens is 3. The first-order valence-electron chi connectivity index (χ1n) is 10.5. The Kier molecular flexibility index (Phi) is 5.77. The van der Waals surface area contributed by atoms with Crippen molar-refractivity contribution in [2.75, 3.05) is 6.61 Å². The number of nitrogens with zero attached hydrogens (tertiary/aromatic N) is 3. The second kappa shape index (κ2) is 8.24. The molecule has 3 aromatic heterocycles. The molecule has 0 unspecified atom stereocenters. The Hall–Kier alpha value is -3.63. The molecule has 4 rings (SSSR count). The molecule has 0 aliphatic rings. The summed E-state index contributed by atoms with van der Waals surface area (Å²) in [6.07, 6.45) is -4.73. The van der Waals surface area contributed by atoms with Gasteiger partial charge in [0.25, 0.3) is 0 Å². The molecule has 35 heavy (non-hydrogen) atoms. The van der Waals surface area contributed by atoms with Crippen LogP contribution >= 0.6 is 0 Å². The van der Waals surface area contributed by atoms with E-state index in [0.29, 0.717) is 11.6 Å². The molecule has 0 fully saturated rings. The highest BCUT2D eigenvalue weighted by atomic mass is 19.4. The highest BCUT2D eigenvalue weighted by molar-refractivity contribution is 5.95. The monoisotopic (exact) mass is 495 g/mol. The van der Waals surface area contributed by atoms with E-state index >= 15 is 0 Å². The van der Waals surface area contributed by atoms with E-state index in [1.807, 2.05) is 0 Å². The lowest BCUT2D eigenvalue weighted by Gasteiger charge is -2.21. The third-order valence-electron chi connectivity index (χ3n) is 5.44. The number of carbonyl (C=O) groups excluding carboxylic acids is 1. The number of hydrogen-bond acceptors (Lipinski definition) is 4. The maximum atomic E-state index is 14.4. The molecule has 0 radical (unpaired) electrons. The van der Waals surface area contributed by atoms with E-state index < -0.39 is 29.4 Å². The minimum Gasteiger partial charge on any atom is -0.461 e. The lowest BCUT2D eigenvalue weighted by molar-refractivity contribution is -0.290. The maximum Gasteiger partial charge on any atom is 0.459 e. The molecule has 0 saturated carbocycles. The van der Waals surface area contributed by atoms with Gasteiger partial charge < -0.3 is 4.74 Å². The summed E-state index contributed by atoms with van der Waals surface area (Å²) in [6.45, 7) is 4.31. The predicted molar refractivity (Wildman–Crippen MR) is 116 cm³/mol. The zero-order chi connectivity index (χ0) is 25.8. The summed E-state index contributed by atoms with van der Waals surface area (Å²) in [5, 5.41) is 0.222. The van der Waals surface area contributed by atoms with Crippen molar-refractivity contribution in [2.45, 2.75) is 38.5 Å². The van der Waals surface area contributed by atoms with E-state index in [-0.39, 0.29) is 40.1 Å². The van der Waals surface area contributed by atoms with Gasteiger partial charge in [0.2, 0.25) is 0 Å². The van der Waals surface area contributed by atoms with Gasteiger partial charge in [0.15, 0.2) is 5.69 Å². The van der Waals surface area contributed by atoms with Crippen LogP contribution in [0.3, 0.4) is 0 Å². The molecule has 0 atom stereocenters. The van der Waals surface area contributed by atoms with Crippen molar-refractivity contribution in [2.24, 2.45) is 0 Å². The number of benzene rings is 1. The zero-order valence-corrected chi connectivity index (χ0v) is 18.8. The Labute approximate surface area is 195 Å². The van der Waals surface area contributed by atoms with E-state index in [2.05, 4.69) is 9.97 Å².